The Morgan fingerprint density at radius 2 is 0.507 bits per heavy atom. The van der Waals surface area contributed by atoms with Crippen LogP contribution in [0.5, 0.6) is 0 Å². The first kappa shape index (κ1) is 56.1. The van der Waals surface area contributed by atoms with Crippen LogP contribution in [0.2, 0.25) is 0 Å². The smallest absolute Gasteiger partial charge is 0.793 e. The molecule has 0 heterocycles. The van der Waals surface area contributed by atoms with Gasteiger partial charge >= 0.3 is 20.1 Å². The maximum Gasteiger partial charge on any atom is 3.00 e. The third-order valence-corrected chi connectivity index (χ3v) is 17.5. The van der Waals surface area contributed by atoms with Crippen molar-refractivity contribution in [3.8, 4) is 0 Å². The van der Waals surface area contributed by atoms with Crippen molar-refractivity contribution in [2.45, 2.75) is 19.3 Å². The Morgan fingerprint density at radius 3 is 0.740 bits per heavy atom. The normalized spacial score (nSPS) is 13.3. The molecular formula is C57H42F6IrO6P3. The summed E-state index contributed by atoms with van der Waals surface area (Å²) in [5.74, 6) is -4.06. The molecule has 0 aliphatic rings. The minimum Gasteiger partial charge on any atom is -0.793 e. The molecule has 0 fully saturated rings. The molecule has 0 saturated carbocycles. The molecule has 0 aliphatic heterocycles. The van der Waals surface area contributed by atoms with Crippen LogP contribution >= 0.6 is 22.1 Å². The number of halogens is 6. The molecule has 0 aliphatic carbocycles. The summed E-state index contributed by atoms with van der Waals surface area (Å²) in [6.07, 6.45) is 0.212. The molecule has 372 valence electrons. The van der Waals surface area contributed by atoms with Gasteiger partial charge < -0.3 is 28.4 Å². The summed E-state index contributed by atoms with van der Waals surface area (Å²) < 4.78 is 119. The van der Waals surface area contributed by atoms with Gasteiger partial charge in [0.1, 0.15) is 34.9 Å². The summed E-state index contributed by atoms with van der Waals surface area (Å²) in [5.41, 5.74) is 2.17. The van der Waals surface area contributed by atoms with Crippen molar-refractivity contribution in [2.24, 2.45) is 0 Å². The monoisotopic (exact) mass is 1220 g/mol. The molecule has 0 spiro atoms. The fourth-order valence-electron chi connectivity index (χ4n) is 7.74. The van der Waals surface area contributed by atoms with E-state index in [1.165, 1.54) is 72.8 Å². The number of rotatable bonds is 12. The van der Waals surface area contributed by atoms with Gasteiger partial charge in [0.25, 0.3) is 0 Å². The Kier molecular flexibility index (Phi) is 19.3. The fourth-order valence-corrected chi connectivity index (χ4v) is 12.7. The van der Waals surface area contributed by atoms with Gasteiger partial charge in [0, 0.05) is 69.3 Å². The Labute approximate surface area is 432 Å². The molecule has 3 unspecified atom stereocenters. The van der Waals surface area contributed by atoms with E-state index in [1.54, 1.807) is 109 Å². The molecule has 9 rings (SSSR count). The maximum atomic E-state index is 13.9. The van der Waals surface area contributed by atoms with Crippen molar-refractivity contribution in [1.82, 2.24) is 0 Å². The zero-order chi connectivity index (χ0) is 51.5. The van der Waals surface area contributed by atoms with Gasteiger partial charge in [-0.05, 0) is 51.6 Å². The molecule has 73 heavy (non-hydrogen) atoms. The predicted molar refractivity (Wildman–Crippen MR) is 267 cm³/mol. The SMILES string of the molecule is O=P([O-])(c1ccccc1)c1ccccc1Cc1ccc(F)cc1F.O=P([O-])(c1ccccc1)c1ccccc1Cc1ccc(F)cc1F.O=P([O-])(c1ccccc1)c1ccccc1Cc1ccc(F)cc1F.[Ir+3]. The Morgan fingerprint density at radius 1 is 0.288 bits per heavy atom. The fraction of sp³-hybridized carbons (Fsp3) is 0.0526. The van der Waals surface area contributed by atoms with E-state index < -0.39 is 57.0 Å². The largest absolute Gasteiger partial charge is 3.00 e. The van der Waals surface area contributed by atoms with Gasteiger partial charge in [-0.3, -0.25) is 0 Å². The number of benzene rings is 9. The van der Waals surface area contributed by atoms with E-state index in [9.17, 15) is 54.7 Å². The van der Waals surface area contributed by atoms with Crippen molar-refractivity contribution < 1.29 is 74.8 Å². The maximum absolute atomic E-state index is 13.9. The summed E-state index contributed by atoms with van der Waals surface area (Å²) in [4.78, 5) is 38.6. The van der Waals surface area contributed by atoms with Crippen LogP contribution in [0.3, 0.4) is 0 Å². The van der Waals surface area contributed by atoms with Gasteiger partial charge in [0.2, 0.25) is 0 Å². The van der Waals surface area contributed by atoms with Gasteiger partial charge in [-0.1, -0.05) is 182 Å². The molecule has 0 N–H and O–H groups in total. The Balaban J connectivity index is 0.000000177. The molecule has 0 bridgehead atoms. The van der Waals surface area contributed by atoms with E-state index in [0.717, 1.165) is 36.4 Å². The average molecular weight is 1220 g/mol. The zero-order valence-electron chi connectivity index (χ0n) is 38.3. The molecule has 0 radical (unpaired) electrons. The van der Waals surface area contributed by atoms with E-state index >= 15 is 0 Å². The van der Waals surface area contributed by atoms with E-state index in [0.29, 0.717) is 16.7 Å². The molecule has 16 heteroatoms. The van der Waals surface area contributed by atoms with Crippen molar-refractivity contribution in [3.63, 3.8) is 0 Å². The van der Waals surface area contributed by atoms with E-state index in [4.69, 9.17) is 0 Å². The summed E-state index contributed by atoms with van der Waals surface area (Å²) in [5, 5.41) is 1.07. The van der Waals surface area contributed by atoms with Crippen molar-refractivity contribution >= 4 is 53.9 Å². The quantitative estimate of drug-likeness (QED) is 0.0889. The second-order valence-corrected chi connectivity index (χ2v) is 22.6. The standard InChI is InChI=1S/3C19H15F2O2P.Ir/c3*20-16-11-10-14(18(21)13-16)12-15-6-4-5-9-19(15)24(22,23)17-7-2-1-3-8-17;/h3*1-11,13H,12H2,(H,22,23);/q;;;+3/p-3. The van der Waals surface area contributed by atoms with Crippen LogP contribution in [0.1, 0.15) is 33.4 Å². The van der Waals surface area contributed by atoms with Crippen molar-refractivity contribution in [2.75, 3.05) is 0 Å². The van der Waals surface area contributed by atoms with Gasteiger partial charge in [-0.2, -0.15) is 0 Å². The second kappa shape index (κ2) is 25.1. The summed E-state index contributed by atoms with van der Waals surface area (Å²) in [7, 11) is -12.1. The van der Waals surface area contributed by atoms with Crippen LogP contribution in [0.4, 0.5) is 26.3 Å². The van der Waals surface area contributed by atoms with Crippen molar-refractivity contribution in [1.29, 1.82) is 0 Å². The molecule has 9 aromatic rings. The predicted octanol–water partition coefficient (Wildman–Crippen LogP) is 9.43. The van der Waals surface area contributed by atoms with Crippen LogP contribution < -0.4 is 46.5 Å². The molecule has 9 aromatic carbocycles. The van der Waals surface area contributed by atoms with Gasteiger partial charge in [0.15, 0.2) is 0 Å². The van der Waals surface area contributed by atoms with Gasteiger partial charge in [-0.15, -0.1) is 0 Å². The van der Waals surface area contributed by atoms with E-state index in [2.05, 4.69) is 0 Å². The van der Waals surface area contributed by atoms with Crippen LogP contribution in [0.25, 0.3) is 0 Å². The third kappa shape index (κ3) is 14.1. The van der Waals surface area contributed by atoms with E-state index in [-0.39, 0.29) is 87.9 Å². The third-order valence-electron chi connectivity index (χ3n) is 11.4. The van der Waals surface area contributed by atoms with Crippen LogP contribution in [-0.2, 0) is 53.1 Å². The van der Waals surface area contributed by atoms with E-state index in [1.807, 2.05) is 0 Å². The summed E-state index contributed by atoms with van der Waals surface area (Å²) >= 11 is 0. The van der Waals surface area contributed by atoms with Gasteiger partial charge in [0.05, 0.1) is 22.1 Å². The minimum absolute atomic E-state index is 0. The minimum atomic E-state index is -4.04. The average Bonchev–Trinajstić information content (AvgIpc) is 3.38. The first-order valence-electron chi connectivity index (χ1n) is 22.1. The zero-order valence-corrected chi connectivity index (χ0v) is 43.4. The molecule has 0 saturated heterocycles. The number of hydrogen-bond donors (Lipinski definition) is 0. The van der Waals surface area contributed by atoms with Crippen LogP contribution in [-0.4, -0.2) is 0 Å². The first-order chi connectivity index (χ1) is 34.4. The molecule has 0 aromatic heterocycles. The molecular weight excluding hydrogens is 1180 g/mol. The molecule has 3 atom stereocenters. The number of hydrogen-bond acceptors (Lipinski definition) is 6. The summed E-state index contributed by atoms with van der Waals surface area (Å²) in [6, 6.07) is 53.7. The second-order valence-electron chi connectivity index (χ2n) is 16.3. The van der Waals surface area contributed by atoms with Gasteiger partial charge in [-0.25, -0.2) is 26.3 Å². The van der Waals surface area contributed by atoms with Crippen LogP contribution in [0, 0.1) is 34.9 Å². The Hall–Kier alpha value is -6.22. The molecule has 0 amide bonds. The van der Waals surface area contributed by atoms with Crippen molar-refractivity contribution in [3.05, 3.63) is 287 Å². The Bertz CT molecular complexity index is 3100. The first-order valence-corrected chi connectivity index (χ1v) is 27.0. The van der Waals surface area contributed by atoms with Crippen LogP contribution in [0.15, 0.2) is 218 Å². The topological polar surface area (TPSA) is 120 Å². The molecule has 6 nitrogen and oxygen atoms in total. The summed E-state index contributed by atoms with van der Waals surface area (Å²) in [6.45, 7) is 0.